The van der Waals surface area contributed by atoms with Crippen molar-refractivity contribution in [3.8, 4) is 0 Å². The van der Waals surface area contributed by atoms with Crippen LogP contribution in [0.15, 0.2) is 30.6 Å². The van der Waals surface area contributed by atoms with Gasteiger partial charge < -0.3 is 9.80 Å². The average molecular weight is 345 g/mol. The molecule has 0 radical (unpaired) electrons. The van der Waals surface area contributed by atoms with Crippen LogP contribution in [-0.4, -0.2) is 51.8 Å². The molecule has 0 atom stereocenters. The van der Waals surface area contributed by atoms with Crippen LogP contribution < -0.4 is 4.90 Å². The highest BCUT2D eigenvalue weighted by atomic mass is 32.1. The summed E-state index contributed by atoms with van der Waals surface area (Å²) in [5.74, 6) is -0.293. The zero-order valence-corrected chi connectivity index (χ0v) is 14.0. The van der Waals surface area contributed by atoms with E-state index in [4.69, 9.17) is 0 Å². The minimum Gasteiger partial charge on any atom is -0.345 e. The van der Waals surface area contributed by atoms with E-state index in [9.17, 15) is 9.18 Å². The summed E-state index contributed by atoms with van der Waals surface area (Å²) in [7, 11) is 1.79. The normalized spacial score (nSPS) is 15.2. The van der Waals surface area contributed by atoms with Crippen molar-refractivity contribution in [3.05, 3.63) is 42.0 Å². The molecule has 1 fully saturated rings. The Labute approximate surface area is 142 Å². The van der Waals surface area contributed by atoms with Crippen molar-refractivity contribution in [1.82, 2.24) is 19.7 Å². The highest BCUT2D eigenvalue weighted by Crippen LogP contribution is 2.30. The Kier molecular flexibility index (Phi) is 3.68. The van der Waals surface area contributed by atoms with Gasteiger partial charge in [-0.2, -0.15) is 5.10 Å². The minimum absolute atomic E-state index is 0.00176. The fourth-order valence-corrected chi connectivity index (χ4v) is 3.89. The lowest BCUT2D eigenvalue weighted by molar-refractivity contribution is 0.0746. The van der Waals surface area contributed by atoms with E-state index >= 15 is 0 Å². The van der Waals surface area contributed by atoms with Crippen LogP contribution in [0.25, 0.3) is 10.2 Å². The Hall–Kier alpha value is -2.48. The number of fused-ring (bicyclic) bond motifs is 1. The van der Waals surface area contributed by atoms with E-state index in [1.165, 1.54) is 17.4 Å². The number of anilines is 1. The average Bonchev–Trinajstić information content (AvgIpc) is 3.21. The molecule has 1 aliphatic rings. The lowest BCUT2D eigenvalue weighted by Crippen LogP contribution is -2.48. The third-order valence-electron chi connectivity index (χ3n) is 4.15. The molecule has 1 amide bonds. The van der Waals surface area contributed by atoms with Crippen LogP contribution in [0.4, 0.5) is 9.52 Å². The van der Waals surface area contributed by atoms with Crippen molar-refractivity contribution in [2.75, 3.05) is 31.1 Å². The number of aryl methyl sites for hydroxylation is 1. The van der Waals surface area contributed by atoms with Gasteiger partial charge in [-0.1, -0.05) is 17.4 Å². The summed E-state index contributed by atoms with van der Waals surface area (Å²) in [6, 6.07) is 5.00. The Bertz CT molecular complexity index is 897. The predicted molar refractivity (Wildman–Crippen MR) is 90.9 cm³/mol. The lowest BCUT2D eigenvalue weighted by atomic mass is 10.2. The van der Waals surface area contributed by atoms with Gasteiger partial charge in [0.25, 0.3) is 5.91 Å². The topological polar surface area (TPSA) is 54.3 Å². The van der Waals surface area contributed by atoms with Crippen LogP contribution in [0.1, 0.15) is 10.4 Å². The van der Waals surface area contributed by atoms with E-state index in [1.807, 2.05) is 11.0 Å². The van der Waals surface area contributed by atoms with Crippen molar-refractivity contribution >= 4 is 32.6 Å². The van der Waals surface area contributed by atoms with Gasteiger partial charge in [0.1, 0.15) is 11.3 Å². The Morgan fingerprint density at radius 2 is 2.04 bits per heavy atom. The first kappa shape index (κ1) is 15.1. The fourth-order valence-electron chi connectivity index (χ4n) is 2.85. The van der Waals surface area contributed by atoms with Crippen LogP contribution in [-0.2, 0) is 7.05 Å². The van der Waals surface area contributed by atoms with Gasteiger partial charge in [-0.05, 0) is 12.1 Å². The number of benzene rings is 1. The van der Waals surface area contributed by atoms with Crippen molar-refractivity contribution in [2.24, 2.45) is 7.05 Å². The number of hydrogen-bond acceptors (Lipinski definition) is 5. The number of halogens is 1. The van der Waals surface area contributed by atoms with E-state index in [1.54, 1.807) is 30.2 Å². The highest BCUT2D eigenvalue weighted by Gasteiger charge is 2.24. The van der Waals surface area contributed by atoms with Crippen molar-refractivity contribution in [2.45, 2.75) is 0 Å². The lowest BCUT2D eigenvalue weighted by Gasteiger charge is -2.34. The van der Waals surface area contributed by atoms with Crippen molar-refractivity contribution in [1.29, 1.82) is 0 Å². The molecule has 3 aromatic rings. The quantitative estimate of drug-likeness (QED) is 0.714. The van der Waals surface area contributed by atoms with Gasteiger partial charge in [-0.3, -0.25) is 9.48 Å². The molecule has 2 aromatic heterocycles. The Balaban J connectivity index is 1.47. The number of hydrogen-bond donors (Lipinski definition) is 0. The molecule has 1 aliphatic heterocycles. The minimum atomic E-state index is -0.291. The Morgan fingerprint density at radius 1 is 1.25 bits per heavy atom. The van der Waals surface area contributed by atoms with Gasteiger partial charge in [0.15, 0.2) is 5.13 Å². The molecule has 6 nitrogen and oxygen atoms in total. The van der Waals surface area contributed by atoms with Gasteiger partial charge in [0, 0.05) is 39.4 Å². The maximum atomic E-state index is 13.8. The SMILES string of the molecule is Cn1cc(C(=O)N2CCN(c3nc4c(F)cccc4s3)CC2)cn1. The fraction of sp³-hybridized carbons (Fsp3) is 0.312. The van der Waals surface area contributed by atoms with Gasteiger partial charge >= 0.3 is 0 Å². The maximum Gasteiger partial charge on any atom is 0.257 e. The molecule has 1 saturated heterocycles. The number of rotatable bonds is 2. The smallest absolute Gasteiger partial charge is 0.257 e. The molecule has 124 valence electrons. The van der Waals surface area contributed by atoms with Crippen LogP contribution >= 0.6 is 11.3 Å². The molecule has 0 bridgehead atoms. The molecule has 0 N–H and O–H groups in total. The molecule has 0 saturated carbocycles. The van der Waals surface area contributed by atoms with Crippen molar-refractivity contribution in [3.63, 3.8) is 0 Å². The first-order chi connectivity index (χ1) is 11.6. The second-order valence-corrected chi connectivity index (χ2v) is 6.77. The number of para-hydroxylation sites is 1. The first-order valence-electron chi connectivity index (χ1n) is 7.70. The summed E-state index contributed by atoms with van der Waals surface area (Å²) >= 11 is 1.49. The third kappa shape index (κ3) is 2.62. The molecular formula is C16H16FN5OS. The number of thiazole rings is 1. The van der Waals surface area contributed by atoms with E-state index in [0.29, 0.717) is 37.3 Å². The van der Waals surface area contributed by atoms with Gasteiger partial charge in [-0.15, -0.1) is 0 Å². The molecule has 0 spiro atoms. The molecule has 0 aliphatic carbocycles. The summed E-state index contributed by atoms with van der Waals surface area (Å²) in [6.07, 6.45) is 3.32. The summed E-state index contributed by atoms with van der Waals surface area (Å²) in [4.78, 5) is 20.8. The second kappa shape index (κ2) is 5.86. The summed E-state index contributed by atoms with van der Waals surface area (Å²) in [5, 5.41) is 4.85. The van der Waals surface area contributed by atoms with E-state index < -0.39 is 0 Å². The summed E-state index contributed by atoms with van der Waals surface area (Å²) in [5.41, 5.74) is 1.03. The van der Waals surface area contributed by atoms with E-state index in [-0.39, 0.29) is 11.7 Å². The van der Waals surface area contributed by atoms with Gasteiger partial charge in [0.05, 0.1) is 16.5 Å². The van der Waals surface area contributed by atoms with Gasteiger partial charge in [-0.25, -0.2) is 9.37 Å². The number of nitrogens with zero attached hydrogens (tertiary/aromatic N) is 5. The van der Waals surface area contributed by atoms with Crippen LogP contribution in [0.2, 0.25) is 0 Å². The largest absolute Gasteiger partial charge is 0.345 e. The number of aromatic nitrogens is 3. The third-order valence-corrected chi connectivity index (χ3v) is 5.23. The number of piperazine rings is 1. The number of carbonyl (C=O) groups is 1. The molecule has 8 heteroatoms. The van der Waals surface area contributed by atoms with Gasteiger partial charge in [0.2, 0.25) is 0 Å². The standard InChI is InChI=1S/C16H16FN5OS/c1-20-10-11(9-18-20)15(23)21-5-7-22(8-6-21)16-19-14-12(17)3-2-4-13(14)24-16/h2-4,9-10H,5-8H2,1H3. The van der Waals surface area contributed by atoms with Crippen LogP contribution in [0.5, 0.6) is 0 Å². The summed E-state index contributed by atoms with van der Waals surface area (Å²) < 4.78 is 16.3. The molecular weight excluding hydrogens is 329 g/mol. The van der Waals surface area contributed by atoms with Crippen molar-refractivity contribution < 1.29 is 9.18 Å². The molecule has 3 heterocycles. The number of amides is 1. The molecule has 24 heavy (non-hydrogen) atoms. The monoisotopic (exact) mass is 345 g/mol. The molecule has 1 aromatic carbocycles. The predicted octanol–water partition coefficient (Wildman–Crippen LogP) is 2.13. The Morgan fingerprint density at radius 3 is 2.71 bits per heavy atom. The van der Waals surface area contributed by atoms with E-state index in [0.717, 1.165) is 9.83 Å². The molecule has 0 unspecified atom stereocenters. The first-order valence-corrected chi connectivity index (χ1v) is 8.51. The van der Waals surface area contributed by atoms with E-state index in [2.05, 4.69) is 15.0 Å². The maximum absolute atomic E-state index is 13.8. The summed E-state index contributed by atoms with van der Waals surface area (Å²) in [6.45, 7) is 2.61. The highest BCUT2D eigenvalue weighted by molar-refractivity contribution is 7.22. The second-order valence-electron chi connectivity index (χ2n) is 5.76. The zero-order chi connectivity index (χ0) is 16.7. The zero-order valence-electron chi connectivity index (χ0n) is 13.1. The molecule has 4 rings (SSSR count). The number of carbonyl (C=O) groups excluding carboxylic acids is 1. The van der Waals surface area contributed by atoms with Crippen LogP contribution in [0, 0.1) is 5.82 Å². The van der Waals surface area contributed by atoms with Crippen LogP contribution in [0.3, 0.4) is 0 Å².